The smallest absolute Gasteiger partial charge is 0.271 e. The van der Waals surface area contributed by atoms with Gasteiger partial charge >= 0.3 is 0 Å². The molecule has 1 aromatic rings. The van der Waals surface area contributed by atoms with E-state index in [1.807, 2.05) is 0 Å². The molecule has 1 aliphatic rings. The molecular formula is C11H12N2O4. The van der Waals surface area contributed by atoms with Gasteiger partial charge in [0.1, 0.15) is 0 Å². The van der Waals surface area contributed by atoms with Crippen LogP contribution in [0.15, 0.2) is 18.2 Å². The lowest BCUT2D eigenvalue weighted by molar-refractivity contribution is -0.384. The van der Waals surface area contributed by atoms with E-state index in [9.17, 15) is 14.9 Å². The van der Waals surface area contributed by atoms with Gasteiger partial charge in [-0.1, -0.05) is 0 Å². The first-order chi connectivity index (χ1) is 8.09. The van der Waals surface area contributed by atoms with Gasteiger partial charge in [-0.25, -0.2) is 5.06 Å². The van der Waals surface area contributed by atoms with Crippen molar-refractivity contribution >= 4 is 11.6 Å². The number of nitrogens with zero attached hydrogens (tertiary/aromatic N) is 2. The third-order valence-corrected chi connectivity index (χ3v) is 2.63. The Morgan fingerprint density at radius 2 is 2.29 bits per heavy atom. The molecule has 2 rings (SSSR count). The summed E-state index contributed by atoms with van der Waals surface area (Å²) >= 11 is 0. The molecule has 0 aromatic heterocycles. The summed E-state index contributed by atoms with van der Waals surface area (Å²) in [6, 6.07) is 4.19. The van der Waals surface area contributed by atoms with Crippen LogP contribution >= 0.6 is 0 Å². The second-order valence-electron chi connectivity index (χ2n) is 3.85. The first-order valence-corrected chi connectivity index (χ1v) is 5.29. The molecule has 6 nitrogen and oxygen atoms in total. The number of hydrogen-bond donors (Lipinski definition) is 0. The van der Waals surface area contributed by atoms with Crippen molar-refractivity contribution in [1.82, 2.24) is 5.06 Å². The van der Waals surface area contributed by atoms with Crippen LogP contribution in [0.5, 0.6) is 0 Å². The zero-order valence-electron chi connectivity index (χ0n) is 9.38. The number of carbonyl (C=O) groups is 1. The van der Waals surface area contributed by atoms with Gasteiger partial charge in [0.25, 0.3) is 11.6 Å². The summed E-state index contributed by atoms with van der Waals surface area (Å²) < 4.78 is 0. The molecule has 0 saturated carbocycles. The van der Waals surface area contributed by atoms with Crippen LogP contribution in [0.2, 0.25) is 0 Å². The van der Waals surface area contributed by atoms with E-state index in [1.54, 1.807) is 6.92 Å². The largest absolute Gasteiger partial charge is 0.277 e. The van der Waals surface area contributed by atoms with Crippen molar-refractivity contribution in [2.75, 3.05) is 13.2 Å². The van der Waals surface area contributed by atoms with E-state index in [1.165, 1.54) is 23.3 Å². The van der Waals surface area contributed by atoms with Crippen molar-refractivity contribution in [2.45, 2.75) is 13.3 Å². The molecule has 1 saturated heterocycles. The lowest BCUT2D eigenvalue weighted by Gasteiger charge is -2.14. The summed E-state index contributed by atoms with van der Waals surface area (Å²) in [5.74, 6) is -0.241. The Balaban J connectivity index is 2.26. The van der Waals surface area contributed by atoms with E-state index >= 15 is 0 Å². The highest BCUT2D eigenvalue weighted by atomic mass is 16.7. The predicted octanol–water partition coefficient (Wildman–Crippen LogP) is 1.68. The maximum Gasteiger partial charge on any atom is 0.277 e. The van der Waals surface area contributed by atoms with E-state index in [2.05, 4.69) is 0 Å². The number of hydrogen-bond acceptors (Lipinski definition) is 4. The number of amides is 1. The maximum atomic E-state index is 12.0. The Bertz CT molecular complexity index is 467. The van der Waals surface area contributed by atoms with Gasteiger partial charge in [-0.15, -0.1) is 0 Å². The van der Waals surface area contributed by atoms with E-state index in [-0.39, 0.29) is 11.6 Å². The van der Waals surface area contributed by atoms with Gasteiger partial charge in [0.2, 0.25) is 0 Å². The molecule has 0 unspecified atom stereocenters. The SMILES string of the molecule is Cc1cc([N+](=O)[O-])ccc1C(=O)N1CCCO1. The summed E-state index contributed by atoms with van der Waals surface area (Å²) in [5.41, 5.74) is 1.01. The van der Waals surface area contributed by atoms with Crippen molar-refractivity contribution in [2.24, 2.45) is 0 Å². The average Bonchev–Trinajstić information content (AvgIpc) is 2.81. The zero-order chi connectivity index (χ0) is 12.4. The second-order valence-corrected chi connectivity index (χ2v) is 3.85. The normalized spacial score (nSPS) is 15.0. The molecule has 0 atom stereocenters. The molecule has 1 aromatic carbocycles. The predicted molar refractivity (Wildman–Crippen MR) is 59.4 cm³/mol. The zero-order valence-corrected chi connectivity index (χ0v) is 9.38. The summed E-state index contributed by atoms with van der Waals surface area (Å²) in [7, 11) is 0. The number of benzene rings is 1. The topological polar surface area (TPSA) is 72.7 Å². The van der Waals surface area contributed by atoms with Crippen molar-refractivity contribution in [3.05, 3.63) is 39.4 Å². The number of aryl methyl sites for hydroxylation is 1. The van der Waals surface area contributed by atoms with Crippen molar-refractivity contribution < 1.29 is 14.6 Å². The monoisotopic (exact) mass is 236 g/mol. The van der Waals surface area contributed by atoms with Gasteiger partial charge in [-0.3, -0.25) is 19.7 Å². The Morgan fingerprint density at radius 1 is 1.53 bits per heavy atom. The number of hydroxylamine groups is 2. The van der Waals surface area contributed by atoms with Gasteiger partial charge in [0.15, 0.2) is 0 Å². The summed E-state index contributed by atoms with van der Waals surface area (Å²) in [6.45, 7) is 2.78. The molecule has 1 fully saturated rings. The van der Waals surface area contributed by atoms with E-state index in [4.69, 9.17) is 4.84 Å². The van der Waals surface area contributed by atoms with E-state index in [0.717, 1.165) is 6.42 Å². The minimum atomic E-state index is -0.479. The fourth-order valence-corrected chi connectivity index (χ4v) is 1.74. The summed E-state index contributed by atoms with van der Waals surface area (Å²) in [6.07, 6.45) is 0.817. The third kappa shape index (κ3) is 2.26. The molecule has 0 N–H and O–H groups in total. The molecule has 0 bridgehead atoms. The Hall–Kier alpha value is -1.95. The van der Waals surface area contributed by atoms with Crippen LogP contribution in [0.25, 0.3) is 0 Å². The Morgan fingerprint density at radius 3 is 2.82 bits per heavy atom. The summed E-state index contributed by atoms with van der Waals surface area (Å²) in [5, 5.41) is 11.9. The fraction of sp³-hybridized carbons (Fsp3) is 0.364. The van der Waals surface area contributed by atoms with Crippen molar-refractivity contribution in [3.8, 4) is 0 Å². The van der Waals surface area contributed by atoms with Gasteiger partial charge in [-0.2, -0.15) is 0 Å². The molecule has 17 heavy (non-hydrogen) atoms. The summed E-state index contributed by atoms with van der Waals surface area (Å²) in [4.78, 5) is 27.2. The Kier molecular flexibility index (Phi) is 3.06. The van der Waals surface area contributed by atoms with Crippen LogP contribution in [0.4, 0.5) is 5.69 Å². The van der Waals surface area contributed by atoms with E-state index < -0.39 is 4.92 Å². The third-order valence-electron chi connectivity index (χ3n) is 2.63. The van der Waals surface area contributed by atoms with Crippen LogP contribution in [0.3, 0.4) is 0 Å². The number of non-ortho nitro benzene ring substituents is 1. The first-order valence-electron chi connectivity index (χ1n) is 5.29. The molecule has 6 heteroatoms. The molecule has 1 amide bonds. The van der Waals surface area contributed by atoms with Gasteiger partial charge < -0.3 is 0 Å². The van der Waals surface area contributed by atoms with Crippen LogP contribution in [0.1, 0.15) is 22.3 Å². The Labute approximate surface area is 97.9 Å². The van der Waals surface area contributed by atoms with Gasteiger partial charge in [-0.05, 0) is 25.0 Å². The lowest BCUT2D eigenvalue weighted by atomic mass is 10.1. The number of carbonyl (C=O) groups excluding carboxylic acids is 1. The van der Waals surface area contributed by atoms with Crippen molar-refractivity contribution in [3.63, 3.8) is 0 Å². The first kappa shape index (κ1) is 11.5. The minimum Gasteiger partial charge on any atom is -0.271 e. The molecule has 0 spiro atoms. The molecule has 1 aliphatic heterocycles. The molecule has 0 aliphatic carbocycles. The maximum absolute atomic E-state index is 12.0. The van der Waals surface area contributed by atoms with Crippen LogP contribution in [-0.4, -0.2) is 29.0 Å². The van der Waals surface area contributed by atoms with E-state index in [0.29, 0.717) is 24.3 Å². The highest BCUT2D eigenvalue weighted by Gasteiger charge is 2.23. The van der Waals surface area contributed by atoms with Gasteiger partial charge in [0.05, 0.1) is 18.1 Å². The number of nitro groups is 1. The molecular weight excluding hydrogens is 224 g/mol. The molecule has 0 radical (unpaired) electrons. The minimum absolute atomic E-state index is 0.0126. The number of nitro benzene ring substituents is 1. The van der Waals surface area contributed by atoms with Gasteiger partial charge in [0, 0.05) is 17.7 Å². The molecule has 90 valence electrons. The standard InChI is InChI=1S/C11H12N2O4/c1-8-7-9(13(15)16)3-4-10(8)11(14)12-5-2-6-17-12/h3-4,7H,2,5-6H2,1H3. The quantitative estimate of drug-likeness (QED) is 0.578. The van der Waals surface area contributed by atoms with Crippen LogP contribution in [0, 0.1) is 17.0 Å². The highest BCUT2D eigenvalue weighted by molar-refractivity contribution is 5.95. The lowest BCUT2D eigenvalue weighted by Crippen LogP contribution is -2.27. The second kappa shape index (κ2) is 4.50. The fourth-order valence-electron chi connectivity index (χ4n) is 1.74. The average molecular weight is 236 g/mol. The van der Waals surface area contributed by atoms with Crippen LogP contribution < -0.4 is 0 Å². The number of rotatable bonds is 2. The van der Waals surface area contributed by atoms with Crippen molar-refractivity contribution in [1.29, 1.82) is 0 Å². The highest BCUT2D eigenvalue weighted by Crippen LogP contribution is 2.20. The molecule has 1 heterocycles. The van der Waals surface area contributed by atoms with Crippen LogP contribution in [-0.2, 0) is 4.84 Å².